The molecule has 0 aliphatic heterocycles. The van der Waals surface area contributed by atoms with E-state index < -0.39 is 0 Å². The molecule has 0 aliphatic rings. The van der Waals surface area contributed by atoms with Gasteiger partial charge in [0.15, 0.2) is 0 Å². The zero-order chi connectivity index (χ0) is 13.9. The van der Waals surface area contributed by atoms with Crippen molar-refractivity contribution >= 4 is 34.2 Å². The van der Waals surface area contributed by atoms with Gasteiger partial charge >= 0.3 is 0 Å². The first kappa shape index (κ1) is 12.5. The summed E-state index contributed by atoms with van der Waals surface area (Å²) < 4.78 is 0. The van der Waals surface area contributed by atoms with Crippen molar-refractivity contribution in [3.8, 4) is 0 Å². The number of carbonyl (C=O) groups excluding carboxylic acids is 1. The second-order valence-corrected chi connectivity index (χ2v) is 4.47. The minimum atomic E-state index is -0.252. The molecule has 6 heteroatoms. The van der Waals surface area contributed by atoms with Gasteiger partial charge in [-0.05, 0) is 30.3 Å². The van der Waals surface area contributed by atoms with E-state index in [0.29, 0.717) is 11.3 Å². The fourth-order valence-corrected chi connectivity index (χ4v) is 1.96. The monoisotopic (exact) mass is 284 g/mol. The second kappa shape index (κ2) is 5.22. The topological polar surface area (TPSA) is 67.8 Å². The van der Waals surface area contributed by atoms with E-state index >= 15 is 0 Å². The lowest BCUT2D eigenvalue weighted by Crippen LogP contribution is -2.11. The van der Waals surface area contributed by atoms with Crippen molar-refractivity contribution in [2.45, 2.75) is 0 Å². The van der Waals surface area contributed by atoms with E-state index in [1.165, 1.54) is 12.3 Å². The van der Waals surface area contributed by atoms with Gasteiger partial charge < -0.3 is 5.32 Å². The van der Waals surface area contributed by atoms with E-state index in [9.17, 15) is 4.79 Å². The van der Waals surface area contributed by atoms with Gasteiger partial charge in [-0.1, -0.05) is 11.6 Å². The van der Waals surface area contributed by atoms with Crippen LogP contribution in [0.2, 0.25) is 5.15 Å². The van der Waals surface area contributed by atoms with Gasteiger partial charge in [0.25, 0.3) is 5.91 Å². The number of rotatable bonds is 2. The third-order valence-electron chi connectivity index (χ3n) is 2.72. The van der Waals surface area contributed by atoms with E-state index in [-0.39, 0.29) is 11.1 Å². The maximum Gasteiger partial charge on any atom is 0.255 e. The Morgan fingerprint density at radius 3 is 2.55 bits per heavy atom. The zero-order valence-electron chi connectivity index (χ0n) is 10.2. The summed E-state index contributed by atoms with van der Waals surface area (Å²) in [5, 5.41) is 3.06. The molecule has 0 spiro atoms. The standard InChI is InChI=1S/C14H9ClN4O/c15-13-7-9(3-4-18-13)14(20)19-10-1-2-11-12(8-10)17-6-5-16-11/h1-8H,(H,19,20). The highest BCUT2D eigenvalue weighted by molar-refractivity contribution is 6.29. The fourth-order valence-electron chi connectivity index (χ4n) is 1.79. The van der Waals surface area contributed by atoms with Gasteiger partial charge in [0.1, 0.15) is 5.15 Å². The van der Waals surface area contributed by atoms with Gasteiger partial charge in [0.2, 0.25) is 0 Å². The Balaban J connectivity index is 1.87. The van der Waals surface area contributed by atoms with Crippen molar-refractivity contribution in [1.82, 2.24) is 15.0 Å². The number of nitrogens with one attached hydrogen (secondary N) is 1. The molecule has 1 aromatic carbocycles. The molecule has 0 aliphatic carbocycles. The summed E-state index contributed by atoms with van der Waals surface area (Å²) in [6, 6.07) is 8.46. The molecule has 0 bridgehead atoms. The Morgan fingerprint density at radius 1 is 0.950 bits per heavy atom. The average Bonchev–Trinajstić information content (AvgIpc) is 2.47. The van der Waals surface area contributed by atoms with E-state index in [0.717, 1.165) is 11.0 Å². The van der Waals surface area contributed by atoms with E-state index in [1.54, 1.807) is 36.7 Å². The fraction of sp³-hybridized carbons (Fsp3) is 0. The molecule has 1 N–H and O–H groups in total. The van der Waals surface area contributed by atoms with E-state index in [1.807, 2.05) is 0 Å². The molecule has 0 atom stereocenters. The number of aromatic nitrogens is 3. The highest BCUT2D eigenvalue weighted by Crippen LogP contribution is 2.16. The molecule has 0 unspecified atom stereocenters. The summed E-state index contributed by atoms with van der Waals surface area (Å²) in [7, 11) is 0. The Hall–Kier alpha value is -2.53. The molecule has 0 radical (unpaired) electrons. The highest BCUT2D eigenvalue weighted by Gasteiger charge is 2.07. The number of amides is 1. The number of hydrogen-bond donors (Lipinski definition) is 1. The molecule has 1 amide bonds. The smallest absolute Gasteiger partial charge is 0.255 e. The Kier molecular flexibility index (Phi) is 3.26. The predicted molar refractivity (Wildman–Crippen MR) is 76.7 cm³/mol. The maximum absolute atomic E-state index is 12.1. The molecule has 0 saturated heterocycles. The molecular weight excluding hydrogens is 276 g/mol. The number of anilines is 1. The van der Waals surface area contributed by atoms with Crippen LogP contribution in [0.15, 0.2) is 48.9 Å². The summed E-state index contributed by atoms with van der Waals surface area (Å²) in [5.74, 6) is -0.252. The van der Waals surface area contributed by atoms with Crippen molar-refractivity contribution in [1.29, 1.82) is 0 Å². The molecule has 0 saturated carbocycles. The lowest BCUT2D eigenvalue weighted by atomic mass is 10.2. The molecule has 5 nitrogen and oxygen atoms in total. The van der Waals surface area contributed by atoms with Crippen molar-refractivity contribution in [2.75, 3.05) is 5.32 Å². The van der Waals surface area contributed by atoms with E-state index in [4.69, 9.17) is 11.6 Å². The predicted octanol–water partition coefficient (Wildman–Crippen LogP) is 2.93. The van der Waals surface area contributed by atoms with Crippen LogP contribution < -0.4 is 5.32 Å². The van der Waals surface area contributed by atoms with Gasteiger partial charge in [-0.15, -0.1) is 0 Å². The van der Waals surface area contributed by atoms with Gasteiger partial charge in [0.05, 0.1) is 11.0 Å². The first-order valence-corrected chi connectivity index (χ1v) is 6.24. The van der Waals surface area contributed by atoms with Crippen LogP contribution in [0, 0.1) is 0 Å². The van der Waals surface area contributed by atoms with E-state index in [2.05, 4.69) is 20.3 Å². The van der Waals surface area contributed by atoms with Crippen LogP contribution in [0.5, 0.6) is 0 Å². The minimum Gasteiger partial charge on any atom is -0.322 e. The number of halogens is 1. The van der Waals surface area contributed by atoms with Crippen LogP contribution in [0.4, 0.5) is 5.69 Å². The number of carbonyl (C=O) groups is 1. The second-order valence-electron chi connectivity index (χ2n) is 4.08. The van der Waals surface area contributed by atoms with Crippen LogP contribution in [-0.4, -0.2) is 20.9 Å². The van der Waals surface area contributed by atoms with Crippen molar-refractivity contribution in [3.63, 3.8) is 0 Å². The molecule has 3 rings (SSSR count). The van der Waals surface area contributed by atoms with Crippen molar-refractivity contribution in [3.05, 3.63) is 59.6 Å². The molecule has 2 heterocycles. The Morgan fingerprint density at radius 2 is 1.75 bits per heavy atom. The highest BCUT2D eigenvalue weighted by atomic mass is 35.5. The first-order chi connectivity index (χ1) is 9.72. The average molecular weight is 285 g/mol. The normalized spacial score (nSPS) is 10.4. The molecule has 20 heavy (non-hydrogen) atoms. The van der Waals surface area contributed by atoms with Crippen LogP contribution in [0.3, 0.4) is 0 Å². The number of hydrogen-bond acceptors (Lipinski definition) is 4. The summed E-state index contributed by atoms with van der Waals surface area (Å²) >= 11 is 5.76. The largest absolute Gasteiger partial charge is 0.322 e. The number of pyridine rings is 1. The Bertz CT molecular complexity index is 791. The van der Waals surface area contributed by atoms with Crippen molar-refractivity contribution in [2.24, 2.45) is 0 Å². The lowest BCUT2D eigenvalue weighted by molar-refractivity contribution is 0.102. The van der Waals surface area contributed by atoms with Crippen LogP contribution in [0.25, 0.3) is 11.0 Å². The summed E-state index contributed by atoms with van der Waals surface area (Å²) in [6.45, 7) is 0. The third-order valence-corrected chi connectivity index (χ3v) is 2.92. The van der Waals surface area contributed by atoms with Gasteiger partial charge in [-0.3, -0.25) is 14.8 Å². The molecule has 3 aromatic rings. The summed E-state index contributed by atoms with van der Waals surface area (Å²) in [4.78, 5) is 24.3. The molecule has 98 valence electrons. The zero-order valence-corrected chi connectivity index (χ0v) is 11.0. The molecule has 2 aromatic heterocycles. The number of fused-ring (bicyclic) bond motifs is 1. The van der Waals surface area contributed by atoms with Crippen molar-refractivity contribution < 1.29 is 4.79 Å². The quantitative estimate of drug-likeness (QED) is 0.735. The number of benzene rings is 1. The Labute approximate surface area is 119 Å². The van der Waals surface area contributed by atoms with Crippen LogP contribution in [0.1, 0.15) is 10.4 Å². The van der Waals surface area contributed by atoms with Crippen LogP contribution in [-0.2, 0) is 0 Å². The minimum absolute atomic E-state index is 0.252. The maximum atomic E-state index is 12.1. The summed E-state index contributed by atoms with van der Waals surface area (Å²) in [5.41, 5.74) is 2.59. The van der Waals surface area contributed by atoms with Gasteiger partial charge in [-0.25, -0.2) is 4.98 Å². The van der Waals surface area contributed by atoms with Gasteiger partial charge in [-0.2, -0.15) is 0 Å². The SMILES string of the molecule is O=C(Nc1ccc2nccnc2c1)c1ccnc(Cl)c1. The summed E-state index contributed by atoms with van der Waals surface area (Å²) in [6.07, 6.45) is 4.72. The number of nitrogens with zero attached hydrogens (tertiary/aromatic N) is 3. The first-order valence-electron chi connectivity index (χ1n) is 5.86. The third kappa shape index (κ3) is 2.57. The van der Waals surface area contributed by atoms with Gasteiger partial charge in [0, 0.05) is 29.8 Å². The lowest BCUT2D eigenvalue weighted by Gasteiger charge is -2.06. The van der Waals surface area contributed by atoms with Crippen LogP contribution >= 0.6 is 11.6 Å². The molecular formula is C14H9ClN4O. The molecule has 0 fully saturated rings.